The number of hydrogen-bond donors (Lipinski definition) is 1. The summed E-state index contributed by atoms with van der Waals surface area (Å²) in [5.74, 6) is -0.170. The zero-order valence-corrected chi connectivity index (χ0v) is 14.6. The Morgan fingerprint density at radius 2 is 2.25 bits per heavy atom. The fourth-order valence-corrected chi connectivity index (χ4v) is 3.78. The Hall–Kier alpha value is -2.28. The molecule has 1 aliphatic rings. The van der Waals surface area contributed by atoms with E-state index in [9.17, 15) is 9.59 Å². The van der Waals surface area contributed by atoms with Crippen LogP contribution in [0.15, 0.2) is 24.5 Å². The van der Waals surface area contributed by atoms with Crippen LogP contribution in [0.4, 0.5) is 5.00 Å². The lowest BCUT2D eigenvalue weighted by Gasteiger charge is -2.31. The lowest BCUT2D eigenvalue weighted by atomic mass is 9.97. The number of carbonyl (C=O) groups is 2. The molecule has 0 radical (unpaired) electrons. The molecule has 1 aliphatic heterocycles. The second kappa shape index (κ2) is 7.09. The molecule has 3 rings (SSSR count). The van der Waals surface area contributed by atoms with Crippen LogP contribution in [-0.4, -0.2) is 39.8 Å². The van der Waals surface area contributed by atoms with Crippen LogP contribution in [0.25, 0.3) is 10.6 Å². The molecule has 2 amide bonds. The Balaban J connectivity index is 1.71. The van der Waals surface area contributed by atoms with Gasteiger partial charge in [0.15, 0.2) is 0 Å². The number of amides is 2. The van der Waals surface area contributed by atoms with Gasteiger partial charge >= 0.3 is 0 Å². The second-order valence-corrected chi connectivity index (χ2v) is 6.97. The fraction of sp³-hybridized carbons (Fsp3) is 0.412. The third kappa shape index (κ3) is 3.62. The third-order valence-corrected chi connectivity index (χ3v) is 5.30. The maximum absolute atomic E-state index is 12.6. The average molecular weight is 344 g/mol. The Morgan fingerprint density at radius 3 is 2.96 bits per heavy atom. The van der Waals surface area contributed by atoms with Gasteiger partial charge in [0.1, 0.15) is 10.0 Å². The van der Waals surface area contributed by atoms with Gasteiger partial charge in [-0.2, -0.15) is 0 Å². The van der Waals surface area contributed by atoms with Gasteiger partial charge in [-0.3, -0.25) is 14.6 Å². The SMILES string of the molecule is CC(=O)N1CCCC(C(=O)Nc2sc(-c3cccnc3)nc2C)C1. The van der Waals surface area contributed by atoms with Crippen LogP contribution < -0.4 is 5.32 Å². The number of piperidine rings is 1. The first kappa shape index (κ1) is 16.6. The molecule has 6 nitrogen and oxygen atoms in total. The maximum Gasteiger partial charge on any atom is 0.229 e. The molecule has 0 spiro atoms. The standard InChI is InChI=1S/C17H20N4O2S/c1-11-16(24-17(19-11)13-5-3-7-18-9-13)20-15(23)14-6-4-8-21(10-14)12(2)22/h3,5,7,9,14H,4,6,8,10H2,1-2H3,(H,20,23). The molecule has 1 fully saturated rings. The summed E-state index contributed by atoms with van der Waals surface area (Å²) < 4.78 is 0. The van der Waals surface area contributed by atoms with Crippen LogP contribution in [0.2, 0.25) is 0 Å². The first-order valence-corrected chi connectivity index (χ1v) is 8.80. The summed E-state index contributed by atoms with van der Waals surface area (Å²) in [6, 6.07) is 3.81. The molecule has 0 aliphatic carbocycles. The molecule has 0 aromatic carbocycles. The summed E-state index contributed by atoms with van der Waals surface area (Å²) in [7, 11) is 0. The van der Waals surface area contributed by atoms with E-state index in [1.165, 1.54) is 11.3 Å². The van der Waals surface area contributed by atoms with Crippen molar-refractivity contribution in [1.82, 2.24) is 14.9 Å². The molecule has 1 N–H and O–H groups in total. The molecule has 1 atom stereocenters. The zero-order valence-electron chi connectivity index (χ0n) is 13.8. The van der Waals surface area contributed by atoms with Gasteiger partial charge in [0.05, 0.1) is 11.6 Å². The third-order valence-electron chi connectivity index (χ3n) is 4.18. The van der Waals surface area contributed by atoms with E-state index < -0.39 is 0 Å². The predicted molar refractivity (Wildman–Crippen MR) is 93.7 cm³/mol. The topological polar surface area (TPSA) is 75.2 Å². The van der Waals surface area contributed by atoms with Crippen LogP contribution in [0.5, 0.6) is 0 Å². The molecule has 126 valence electrons. The van der Waals surface area contributed by atoms with Gasteiger partial charge < -0.3 is 10.2 Å². The predicted octanol–water partition coefficient (Wildman–Crippen LogP) is 2.71. The first-order valence-electron chi connectivity index (χ1n) is 7.99. The number of aryl methyl sites for hydroxylation is 1. The molecule has 2 aromatic rings. The molecule has 3 heterocycles. The molecular weight excluding hydrogens is 324 g/mol. The van der Waals surface area contributed by atoms with Crippen LogP contribution in [-0.2, 0) is 9.59 Å². The lowest BCUT2D eigenvalue weighted by Crippen LogP contribution is -2.42. The second-order valence-electron chi connectivity index (χ2n) is 5.97. The van der Waals surface area contributed by atoms with Gasteiger partial charge in [-0.25, -0.2) is 4.98 Å². The van der Waals surface area contributed by atoms with Crippen molar-refractivity contribution in [3.8, 4) is 10.6 Å². The average Bonchev–Trinajstić information content (AvgIpc) is 2.96. The van der Waals surface area contributed by atoms with E-state index in [1.54, 1.807) is 24.2 Å². The van der Waals surface area contributed by atoms with Crippen LogP contribution in [0.3, 0.4) is 0 Å². The van der Waals surface area contributed by atoms with Crippen molar-refractivity contribution in [2.45, 2.75) is 26.7 Å². The minimum atomic E-state index is -0.161. The number of nitrogens with zero attached hydrogens (tertiary/aromatic N) is 3. The van der Waals surface area contributed by atoms with Crippen molar-refractivity contribution in [3.05, 3.63) is 30.2 Å². The molecule has 7 heteroatoms. The van der Waals surface area contributed by atoms with Gasteiger partial charge in [0.2, 0.25) is 11.8 Å². The van der Waals surface area contributed by atoms with E-state index in [2.05, 4.69) is 15.3 Å². The Kier molecular flexibility index (Phi) is 4.89. The fourth-order valence-electron chi connectivity index (χ4n) is 2.82. The van der Waals surface area contributed by atoms with Crippen LogP contribution >= 0.6 is 11.3 Å². The van der Waals surface area contributed by atoms with E-state index in [0.717, 1.165) is 40.7 Å². The highest BCUT2D eigenvalue weighted by Crippen LogP contribution is 2.32. The van der Waals surface area contributed by atoms with Crippen molar-refractivity contribution in [3.63, 3.8) is 0 Å². The number of thiazole rings is 1. The number of anilines is 1. The summed E-state index contributed by atoms with van der Waals surface area (Å²) in [5, 5.41) is 4.59. The van der Waals surface area contributed by atoms with Gasteiger partial charge in [-0.05, 0) is 31.9 Å². The molecule has 1 unspecified atom stereocenters. The van der Waals surface area contributed by atoms with E-state index in [-0.39, 0.29) is 17.7 Å². The quantitative estimate of drug-likeness (QED) is 0.929. The highest BCUT2D eigenvalue weighted by Gasteiger charge is 2.27. The first-order chi connectivity index (χ1) is 11.5. The van der Waals surface area contributed by atoms with E-state index >= 15 is 0 Å². The molecule has 1 saturated heterocycles. The number of hydrogen-bond acceptors (Lipinski definition) is 5. The molecule has 2 aromatic heterocycles. The lowest BCUT2D eigenvalue weighted by molar-refractivity contribution is -0.132. The Bertz CT molecular complexity index is 744. The van der Waals surface area contributed by atoms with E-state index in [4.69, 9.17) is 0 Å². The Labute approximate surface area is 144 Å². The van der Waals surface area contributed by atoms with E-state index in [1.807, 2.05) is 19.1 Å². The van der Waals surface area contributed by atoms with Crippen molar-refractivity contribution < 1.29 is 9.59 Å². The van der Waals surface area contributed by atoms with Crippen LogP contribution in [0.1, 0.15) is 25.5 Å². The maximum atomic E-state index is 12.6. The van der Waals surface area contributed by atoms with Crippen molar-refractivity contribution in [2.75, 3.05) is 18.4 Å². The molecule has 0 bridgehead atoms. The van der Waals surface area contributed by atoms with Gasteiger partial charge in [0, 0.05) is 38.0 Å². The molecule has 24 heavy (non-hydrogen) atoms. The van der Waals surface area contributed by atoms with Gasteiger partial charge in [0.25, 0.3) is 0 Å². The highest BCUT2D eigenvalue weighted by atomic mass is 32.1. The summed E-state index contributed by atoms with van der Waals surface area (Å²) in [6.45, 7) is 4.67. The monoisotopic (exact) mass is 344 g/mol. The largest absolute Gasteiger partial charge is 0.342 e. The summed E-state index contributed by atoms with van der Waals surface area (Å²) >= 11 is 1.45. The minimum Gasteiger partial charge on any atom is -0.342 e. The van der Waals surface area contributed by atoms with Gasteiger partial charge in [-0.15, -0.1) is 0 Å². The molecule has 0 saturated carbocycles. The van der Waals surface area contributed by atoms with Crippen LogP contribution in [0, 0.1) is 12.8 Å². The molecular formula is C17H20N4O2S. The summed E-state index contributed by atoms with van der Waals surface area (Å²) in [4.78, 5) is 34.4. The highest BCUT2D eigenvalue weighted by molar-refractivity contribution is 7.19. The van der Waals surface area contributed by atoms with Crippen molar-refractivity contribution >= 4 is 28.2 Å². The number of pyridine rings is 1. The van der Waals surface area contributed by atoms with E-state index in [0.29, 0.717) is 6.54 Å². The number of nitrogens with one attached hydrogen (secondary N) is 1. The smallest absolute Gasteiger partial charge is 0.229 e. The van der Waals surface area contributed by atoms with Crippen molar-refractivity contribution in [1.29, 1.82) is 0 Å². The Morgan fingerprint density at radius 1 is 1.42 bits per heavy atom. The number of rotatable bonds is 3. The minimum absolute atomic E-state index is 0.0281. The number of aromatic nitrogens is 2. The zero-order chi connectivity index (χ0) is 17.1. The number of likely N-dealkylation sites (tertiary alicyclic amines) is 1. The summed E-state index contributed by atoms with van der Waals surface area (Å²) in [6.07, 6.45) is 5.15. The van der Waals surface area contributed by atoms with Gasteiger partial charge in [-0.1, -0.05) is 11.3 Å². The normalized spacial score (nSPS) is 17.6. The van der Waals surface area contributed by atoms with Crippen molar-refractivity contribution in [2.24, 2.45) is 5.92 Å². The summed E-state index contributed by atoms with van der Waals surface area (Å²) in [5.41, 5.74) is 1.73. The number of carbonyl (C=O) groups excluding carboxylic acids is 2.